The summed E-state index contributed by atoms with van der Waals surface area (Å²) in [5.41, 5.74) is 0.810. The lowest BCUT2D eigenvalue weighted by Gasteiger charge is -2.18. The molecule has 1 aromatic rings. The third-order valence-electron chi connectivity index (χ3n) is 3.07. The van der Waals surface area contributed by atoms with Gasteiger partial charge in [0.15, 0.2) is 9.84 Å². The van der Waals surface area contributed by atoms with E-state index in [2.05, 4.69) is 5.32 Å². The normalized spacial score (nSPS) is 11.2. The monoisotopic (exact) mass is 298 g/mol. The Kier molecular flexibility index (Phi) is 6.01. The molecule has 0 bridgehead atoms. The van der Waals surface area contributed by atoms with Gasteiger partial charge in [-0.3, -0.25) is 4.79 Å². The van der Waals surface area contributed by atoms with Crippen molar-refractivity contribution in [2.45, 2.75) is 25.2 Å². The van der Waals surface area contributed by atoms with Gasteiger partial charge in [-0.1, -0.05) is 0 Å². The Hall–Kier alpha value is -1.56. The van der Waals surface area contributed by atoms with Gasteiger partial charge in [0.2, 0.25) is 5.91 Å². The number of nitrogens with one attached hydrogen (secondary N) is 1. The van der Waals surface area contributed by atoms with Crippen molar-refractivity contribution in [3.8, 4) is 0 Å². The molecule has 6 heteroatoms. The minimum atomic E-state index is -3.16. The highest BCUT2D eigenvalue weighted by Crippen LogP contribution is 2.13. The maximum absolute atomic E-state index is 11.8. The molecule has 0 fully saturated rings. The number of rotatable bonds is 7. The molecule has 0 aromatic heterocycles. The second-order valence-electron chi connectivity index (χ2n) is 4.54. The number of carbonyl (C=O) groups is 1. The highest BCUT2D eigenvalue weighted by Gasteiger charge is 2.09. The van der Waals surface area contributed by atoms with Gasteiger partial charge in [-0.05, 0) is 38.1 Å². The van der Waals surface area contributed by atoms with Crippen molar-refractivity contribution in [2.24, 2.45) is 0 Å². The SMILES string of the molecule is CCN(CC)C(=O)CCNc1ccc(S(C)(=O)=O)cc1. The molecule has 1 N–H and O–H groups in total. The molecule has 0 spiro atoms. The summed E-state index contributed by atoms with van der Waals surface area (Å²) in [7, 11) is -3.16. The molecule has 5 nitrogen and oxygen atoms in total. The van der Waals surface area contributed by atoms with Crippen LogP contribution < -0.4 is 5.32 Å². The summed E-state index contributed by atoms with van der Waals surface area (Å²) in [6.45, 7) is 5.89. The van der Waals surface area contributed by atoms with Crippen LogP contribution in [0.2, 0.25) is 0 Å². The maximum Gasteiger partial charge on any atom is 0.224 e. The first-order valence-electron chi connectivity index (χ1n) is 6.70. The highest BCUT2D eigenvalue weighted by molar-refractivity contribution is 7.90. The summed E-state index contributed by atoms with van der Waals surface area (Å²) >= 11 is 0. The average Bonchev–Trinajstić information content (AvgIpc) is 2.39. The predicted octanol–water partition coefficient (Wildman–Crippen LogP) is 1.76. The number of hydrogen-bond donors (Lipinski definition) is 1. The third-order valence-corrected chi connectivity index (χ3v) is 4.20. The lowest BCUT2D eigenvalue weighted by Crippen LogP contribution is -2.31. The molecule has 0 aliphatic heterocycles. The lowest BCUT2D eigenvalue weighted by atomic mass is 10.3. The van der Waals surface area contributed by atoms with Crippen molar-refractivity contribution in [2.75, 3.05) is 31.2 Å². The maximum atomic E-state index is 11.8. The summed E-state index contributed by atoms with van der Waals surface area (Å²) in [6.07, 6.45) is 1.60. The molecule has 0 atom stereocenters. The highest BCUT2D eigenvalue weighted by atomic mass is 32.2. The molecule has 112 valence electrons. The van der Waals surface area contributed by atoms with Crippen LogP contribution in [0, 0.1) is 0 Å². The van der Waals surface area contributed by atoms with E-state index in [4.69, 9.17) is 0 Å². The summed E-state index contributed by atoms with van der Waals surface area (Å²) in [5.74, 6) is 0.121. The number of hydrogen-bond acceptors (Lipinski definition) is 4. The number of benzene rings is 1. The first kappa shape index (κ1) is 16.5. The van der Waals surface area contributed by atoms with Gasteiger partial charge in [0, 0.05) is 38.0 Å². The van der Waals surface area contributed by atoms with Crippen LogP contribution in [0.3, 0.4) is 0 Å². The van der Waals surface area contributed by atoms with E-state index in [9.17, 15) is 13.2 Å². The first-order valence-corrected chi connectivity index (χ1v) is 8.59. The van der Waals surface area contributed by atoms with Gasteiger partial charge in [-0.2, -0.15) is 0 Å². The van der Waals surface area contributed by atoms with E-state index in [0.29, 0.717) is 17.9 Å². The lowest BCUT2D eigenvalue weighted by molar-refractivity contribution is -0.130. The fourth-order valence-electron chi connectivity index (χ4n) is 1.87. The van der Waals surface area contributed by atoms with Crippen molar-refractivity contribution >= 4 is 21.4 Å². The molecular formula is C14H22N2O3S. The minimum Gasteiger partial charge on any atom is -0.385 e. The number of anilines is 1. The minimum absolute atomic E-state index is 0.121. The molecule has 0 saturated heterocycles. The zero-order chi connectivity index (χ0) is 15.2. The van der Waals surface area contributed by atoms with Crippen molar-refractivity contribution in [1.82, 2.24) is 4.90 Å². The van der Waals surface area contributed by atoms with Gasteiger partial charge < -0.3 is 10.2 Å². The van der Waals surface area contributed by atoms with Crippen LogP contribution in [-0.4, -0.2) is 45.1 Å². The smallest absolute Gasteiger partial charge is 0.224 e. The second kappa shape index (κ2) is 7.28. The van der Waals surface area contributed by atoms with Crippen LogP contribution in [0.1, 0.15) is 20.3 Å². The van der Waals surface area contributed by atoms with Crippen LogP contribution >= 0.6 is 0 Å². The number of nitrogens with zero attached hydrogens (tertiary/aromatic N) is 1. The van der Waals surface area contributed by atoms with E-state index < -0.39 is 9.84 Å². The molecule has 0 saturated carbocycles. The summed E-state index contributed by atoms with van der Waals surface area (Å²) < 4.78 is 22.6. The van der Waals surface area contributed by atoms with Gasteiger partial charge in [0.1, 0.15) is 0 Å². The van der Waals surface area contributed by atoms with Crippen molar-refractivity contribution < 1.29 is 13.2 Å². The predicted molar refractivity (Wildman–Crippen MR) is 80.6 cm³/mol. The number of carbonyl (C=O) groups excluding carboxylic acids is 1. The molecule has 0 aliphatic rings. The fraction of sp³-hybridized carbons (Fsp3) is 0.500. The van der Waals surface area contributed by atoms with Crippen molar-refractivity contribution in [3.05, 3.63) is 24.3 Å². The van der Waals surface area contributed by atoms with Crippen molar-refractivity contribution in [3.63, 3.8) is 0 Å². The average molecular weight is 298 g/mol. The summed E-state index contributed by atoms with van der Waals surface area (Å²) in [4.78, 5) is 13.9. The summed E-state index contributed by atoms with van der Waals surface area (Å²) in [5, 5.41) is 3.11. The number of amides is 1. The van der Waals surface area contributed by atoms with Gasteiger partial charge >= 0.3 is 0 Å². The molecular weight excluding hydrogens is 276 g/mol. The van der Waals surface area contributed by atoms with E-state index in [-0.39, 0.29) is 5.91 Å². The van der Waals surface area contributed by atoms with E-state index >= 15 is 0 Å². The fourth-order valence-corrected chi connectivity index (χ4v) is 2.50. The molecule has 0 aliphatic carbocycles. The van der Waals surface area contributed by atoms with E-state index in [1.54, 1.807) is 29.2 Å². The third kappa shape index (κ3) is 4.85. The van der Waals surface area contributed by atoms with E-state index in [0.717, 1.165) is 18.8 Å². The Labute approximate surface area is 120 Å². The molecule has 1 rings (SSSR count). The van der Waals surface area contributed by atoms with Crippen LogP contribution in [-0.2, 0) is 14.6 Å². The molecule has 0 unspecified atom stereocenters. The van der Waals surface area contributed by atoms with Gasteiger partial charge in [0.05, 0.1) is 4.90 Å². The second-order valence-corrected chi connectivity index (χ2v) is 6.56. The molecule has 1 aromatic carbocycles. The van der Waals surface area contributed by atoms with Crippen LogP contribution in [0.5, 0.6) is 0 Å². The van der Waals surface area contributed by atoms with Gasteiger partial charge in [-0.25, -0.2) is 8.42 Å². The zero-order valence-corrected chi connectivity index (χ0v) is 13.0. The summed E-state index contributed by atoms with van der Waals surface area (Å²) in [6, 6.07) is 6.53. The van der Waals surface area contributed by atoms with Crippen LogP contribution in [0.15, 0.2) is 29.2 Å². The topological polar surface area (TPSA) is 66.5 Å². The van der Waals surface area contributed by atoms with Crippen LogP contribution in [0.4, 0.5) is 5.69 Å². The van der Waals surface area contributed by atoms with Gasteiger partial charge in [0.25, 0.3) is 0 Å². The van der Waals surface area contributed by atoms with Crippen molar-refractivity contribution in [1.29, 1.82) is 0 Å². The van der Waals surface area contributed by atoms with E-state index in [1.165, 1.54) is 6.26 Å². The van der Waals surface area contributed by atoms with Gasteiger partial charge in [-0.15, -0.1) is 0 Å². The Morgan fingerprint density at radius 3 is 2.15 bits per heavy atom. The van der Waals surface area contributed by atoms with Crippen LogP contribution in [0.25, 0.3) is 0 Å². The molecule has 0 heterocycles. The largest absolute Gasteiger partial charge is 0.385 e. The van der Waals surface area contributed by atoms with E-state index in [1.807, 2.05) is 13.8 Å². The Balaban J connectivity index is 2.49. The molecule has 0 radical (unpaired) electrons. The Morgan fingerprint density at radius 2 is 1.70 bits per heavy atom. The molecule has 20 heavy (non-hydrogen) atoms. The quantitative estimate of drug-likeness (QED) is 0.833. The standard InChI is InChI=1S/C14H22N2O3S/c1-4-16(5-2)14(17)10-11-15-12-6-8-13(9-7-12)20(3,18)19/h6-9,15H,4-5,10-11H2,1-3H3. The zero-order valence-electron chi connectivity index (χ0n) is 12.2. The Morgan fingerprint density at radius 1 is 1.15 bits per heavy atom. The number of sulfone groups is 1. The Bertz CT molecular complexity index is 534. The molecule has 1 amide bonds. The first-order chi connectivity index (χ1) is 9.38.